The van der Waals surface area contributed by atoms with E-state index in [0.717, 1.165) is 38.5 Å². The molecule has 3 unspecified atom stereocenters. The van der Waals surface area contributed by atoms with Crippen molar-refractivity contribution in [1.82, 2.24) is 5.32 Å². The number of nitrogens with one attached hydrogen (secondary N) is 1. The molecule has 3 atom stereocenters. The van der Waals surface area contributed by atoms with Gasteiger partial charge in [-0.25, -0.2) is 0 Å². The van der Waals surface area contributed by atoms with Crippen molar-refractivity contribution in [3.8, 4) is 0 Å². The zero-order chi connectivity index (χ0) is 52.0. The molecule has 0 saturated heterocycles. The Labute approximate surface area is 443 Å². The van der Waals surface area contributed by atoms with Crippen LogP contribution in [-0.4, -0.2) is 68.5 Å². The summed E-state index contributed by atoms with van der Waals surface area (Å²) in [5.41, 5.74) is 0. The number of phosphoric acid groups is 1. The van der Waals surface area contributed by atoms with E-state index < -0.39 is 20.0 Å². The number of carbonyl (C=O) groups is 1. The molecule has 0 fully saturated rings. The van der Waals surface area contributed by atoms with Gasteiger partial charge in [0, 0.05) is 6.42 Å². The van der Waals surface area contributed by atoms with Gasteiger partial charge >= 0.3 is 0 Å². The molecule has 0 saturated carbocycles. The van der Waals surface area contributed by atoms with Crippen LogP contribution in [0.5, 0.6) is 0 Å². The van der Waals surface area contributed by atoms with Crippen LogP contribution in [0.25, 0.3) is 0 Å². The number of nitrogens with zero attached hydrogens (tertiary/aromatic N) is 1. The minimum Gasteiger partial charge on any atom is -0.756 e. The van der Waals surface area contributed by atoms with Crippen LogP contribution in [0.1, 0.15) is 328 Å². The SMILES string of the molecule is CCCCCCCCCCCCCCC/C=C/C(O)C(COP(=O)([O-])OCC[N+](C)(C)C)NC(=O)CCCCCCCCCCCCCCCCCCCCCCCCCCCCCCCCCCCC. The quantitative estimate of drug-likeness (QED) is 0.0272. The normalized spacial score (nSPS) is 13.8. The number of aliphatic hydroxyl groups is 1. The molecule has 0 radical (unpaired) electrons. The first kappa shape index (κ1) is 70.2. The second-order valence-electron chi connectivity index (χ2n) is 23.1. The number of aliphatic hydroxyl groups excluding tert-OH is 1. The lowest BCUT2D eigenvalue weighted by Gasteiger charge is -2.29. The molecule has 0 aromatic rings. The molecule has 1 amide bonds. The van der Waals surface area contributed by atoms with Crippen molar-refractivity contribution in [1.29, 1.82) is 0 Å². The van der Waals surface area contributed by atoms with Crippen LogP contribution in [-0.2, 0) is 18.4 Å². The van der Waals surface area contributed by atoms with Gasteiger partial charge in [-0.2, -0.15) is 0 Å². The van der Waals surface area contributed by atoms with Gasteiger partial charge in [-0.15, -0.1) is 0 Å². The van der Waals surface area contributed by atoms with E-state index in [9.17, 15) is 19.4 Å². The van der Waals surface area contributed by atoms with Crippen LogP contribution < -0.4 is 10.2 Å². The Hall–Kier alpha value is -0.760. The number of rotatable bonds is 59. The third-order valence-electron chi connectivity index (χ3n) is 14.7. The fraction of sp³-hybridized carbons (Fsp3) is 0.952. The predicted molar refractivity (Wildman–Crippen MR) is 307 cm³/mol. The molecule has 0 aromatic heterocycles. The first-order chi connectivity index (χ1) is 34.5. The fourth-order valence-electron chi connectivity index (χ4n) is 9.81. The highest BCUT2D eigenvalue weighted by atomic mass is 31.2. The molecule has 0 aliphatic carbocycles. The van der Waals surface area contributed by atoms with E-state index in [1.165, 1.54) is 270 Å². The summed E-state index contributed by atoms with van der Waals surface area (Å²) in [4.78, 5) is 25.5. The Morgan fingerprint density at radius 1 is 0.479 bits per heavy atom. The molecule has 0 rings (SSSR count). The highest BCUT2D eigenvalue weighted by Crippen LogP contribution is 2.38. The average molecular weight is 1030 g/mol. The van der Waals surface area contributed by atoms with E-state index in [0.29, 0.717) is 17.4 Å². The van der Waals surface area contributed by atoms with Gasteiger partial charge in [-0.1, -0.05) is 315 Å². The van der Waals surface area contributed by atoms with E-state index >= 15 is 0 Å². The Balaban J connectivity index is 3.94. The van der Waals surface area contributed by atoms with Gasteiger partial charge < -0.3 is 28.8 Å². The maximum Gasteiger partial charge on any atom is 0.268 e. The van der Waals surface area contributed by atoms with Crippen LogP contribution in [0.4, 0.5) is 0 Å². The molecule has 0 spiro atoms. The van der Waals surface area contributed by atoms with E-state index in [2.05, 4.69) is 19.2 Å². The number of unbranched alkanes of at least 4 members (excludes halogenated alkanes) is 46. The van der Waals surface area contributed by atoms with Crippen LogP contribution >= 0.6 is 7.82 Å². The minimum atomic E-state index is -4.59. The van der Waals surface area contributed by atoms with Crippen molar-refractivity contribution < 1.29 is 32.9 Å². The van der Waals surface area contributed by atoms with Crippen molar-refractivity contribution >= 4 is 13.7 Å². The maximum absolute atomic E-state index is 13.0. The third kappa shape index (κ3) is 56.8. The Kier molecular flexibility index (Phi) is 53.5. The van der Waals surface area contributed by atoms with Crippen molar-refractivity contribution in [3.63, 3.8) is 0 Å². The minimum absolute atomic E-state index is 0.00260. The second-order valence-corrected chi connectivity index (χ2v) is 24.5. The lowest BCUT2D eigenvalue weighted by molar-refractivity contribution is -0.870. The van der Waals surface area contributed by atoms with E-state index in [1.807, 2.05) is 27.2 Å². The number of quaternary nitrogens is 1. The van der Waals surface area contributed by atoms with Crippen LogP contribution in [0, 0.1) is 0 Å². The zero-order valence-electron chi connectivity index (χ0n) is 48.5. The highest BCUT2D eigenvalue weighted by molar-refractivity contribution is 7.45. The second kappa shape index (κ2) is 54.0. The van der Waals surface area contributed by atoms with E-state index in [4.69, 9.17) is 9.05 Å². The molecule has 0 aliphatic rings. The largest absolute Gasteiger partial charge is 0.756 e. The van der Waals surface area contributed by atoms with Crippen molar-refractivity contribution in [3.05, 3.63) is 12.2 Å². The van der Waals surface area contributed by atoms with Gasteiger partial charge in [0.15, 0.2) is 0 Å². The van der Waals surface area contributed by atoms with E-state index in [-0.39, 0.29) is 19.1 Å². The standard InChI is InChI=1S/C62H125N2O6P/c1-6-8-10-12-14-16-18-20-22-23-24-25-26-27-28-29-30-31-32-33-34-35-36-37-38-39-40-42-44-46-48-50-52-54-56-62(66)63-60(59-70-71(67,68)69-58-57-64(3,4)5)61(65)55-53-51-49-47-45-43-41-21-19-17-15-13-11-9-7-2/h53,55,60-61,65H,6-52,54,56-59H2,1-5H3,(H-,63,66,67,68)/b55-53+. The smallest absolute Gasteiger partial charge is 0.268 e. The van der Waals surface area contributed by atoms with Gasteiger partial charge in [0.05, 0.1) is 39.9 Å². The van der Waals surface area contributed by atoms with Gasteiger partial charge in [-0.05, 0) is 19.3 Å². The number of hydrogen-bond acceptors (Lipinski definition) is 6. The van der Waals surface area contributed by atoms with Gasteiger partial charge in [0.25, 0.3) is 7.82 Å². The average Bonchev–Trinajstić information content (AvgIpc) is 3.33. The molecule has 8 nitrogen and oxygen atoms in total. The summed E-state index contributed by atoms with van der Waals surface area (Å²) in [6, 6.07) is -0.882. The summed E-state index contributed by atoms with van der Waals surface area (Å²) in [7, 11) is 1.28. The van der Waals surface area contributed by atoms with Crippen LogP contribution in [0.3, 0.4) is 0 Å². The summed E-state index contributed by atoms with van der Waals surface area (Å²) in [5.74, 6) is -0.190. The summed E-state index contributed by atoms with van der Waals surface area (Å²) < 4.78 is 23.4. The molecule has 0 aromatic carbocycles. The summed E-state index contributed by atoms with van der Waals surface area (Å²) in [6.07, 6.45) is 67.5. The van der Waals surface area contributed by atoms with Gasteiger partial charge in [0.2, 0.25) is 5.91 Å². The third-order valence-corrected chi connectivity index (χ3v) is 15.7. The zero-order valence-corrected chi connectivity index (χ0v) is 49.4. The molecule has 2 N–H and O–H groups in total. The Morgan fingerprint density at radius 2 is 0.761 bits per heavy atom. The Morgan fingerprint density at radius 3 is 1.06 bits per heavy atom. The Bertz CT molecular complexity index is 1160. The highest BCUT2D eigenvalue weighted by Gasteiger charge is 2.23. The van der Waals surface area contributed by atoms with Crippen molar-refractivity contribution in [2.45, 2.75) is 341 Å². The molecule has 71 heavy (non-hydrogen) atoms. The van der Waals surface area contributed by atoms with Crippen LogP contribution in [0.15, 0.2) is 12.2 Å². The number of hydrogen-bond donors (Lipinski definition) is 2. The number of amides is 1. The van der Waals surface area contributed by atoms with Crippen LogP contribution in [0.2, 0.25) is 0 Å². The lowest BCUT2D eigenvalue weighted by Crippen LogP contribution is -2.45. The molecular formula is C62H125N2O6P. The summed E-state index contributed by atoms with van der Waals surface area (Å²) >= 11 is 0. The molecule has 0 bridgehead atoms. The molecule has 0 heterocycles. The fourth-order valence-corrected chi connectivity index (χ4v) is 10.5. The lowest BCUT2D eigenvalue weighted by atomic mass is 10.0. The van der Waals surface area contributed by atoms with Crippen molar-refractivity contribution in [2.24, 2.45) is 0 Å². The predicted octanol–water partition coefficient (Wildman–Crippen LogP) is 18.8. The van der Waals surface area contributed by atoms with Crippen molar-refractivity contribution in [2.75, 3.05) is 40.9 Å². The molecular weight excluding hydrogens is 900 g/mol. The van der Waals surface area contributed by atoms with Gasteiger partial charge in [-0.3, -0.25) is 9.36 Å². The molecule has 9 heteroatoms. The number of allylic oxidation sites excluding steroid dienone is 1. The first-order valence-corrected chi connectivity index (χ1v) is 33.0. The number of likely N-dealkylation sites (N-methyl/N-ethyl adjacent to an activating group) is 1. The maximum atomic E-state index is 13.0. The monoisotopic (exact) mass is 1020 g/mol. The van der Waals surface area contributed by atoms with Gasteiger partial charge in [0.1, 0.15) is 13.2 Å². The number of phosphoric ester groups is 1. The summed E-state index contributed by atoms with van der Waals surface area (Å²) in [5, 5.41) is 13.9. The first-order valence-electron chi connectivity index (χ1n) is 31.6. The topological polar surface area (TPSA) is 108 Å². The summed E-state index contributed by atoms with van der Waals surface area (Å²) in [6.45, 7) is 4.70. The molecule has 424 valence electrons. The number of carbonyl (C=O) groups excluding carboxylic acids is 1. The van der Waals surface area contributed by atoms with E-state index in [1.54, 1.807) is 6.08 Å². The molecule has 0 aliphatic heterocycles.